The second-order valence-electron chi connectivity index (χ2n) is 2.92. The number of carbonyl (C=O) groups excluding carboxylic acids is 2. The van der Waals surface area contributed by atoms with Crippen molar-refractivity contribution in [2.75, 3.05) is 12.3 Å². The molecule has 0 aromatic heterocycles. The zero-order chi connectivity index (χ0) is 11.4. The Morgan fingerprint density at radius 2 is 2.07 bits per heavy atom. The molecule has 15 heavy (non-hydrogen) atoms. The Bertz CT molecular complexity index is 404. The summed E-state index contributed by atoms with van der Waals surface area (Å²) in [5.74, 6) is -1.31. The Kier molecular flexibility index (Phi) is 3.12. The van der Waals surface area contributed by atoms with Crippen LogP contribution in [0.2, 0.25) is 0 Å². The van der Waals surface area contributed by atoms with E-state index in [1.54, 1.807) is 0 Å². The summed E-state index contributed by atoms with van der Waals surface area (Å²) in [6.45, 7) is -0.246. The summed E-state index contributed by atoms with van der Waals surface area (Å²) in [4.78, 5) is 21.7. The van der Waals surface area contributed by atoms with Crippen LogP contribution in [-0.4, -0.2) is 23.5 Å². The van der Waals surface area contributed by atoms with Gasteiger partial charge in [-0.25, -0.2) is 0 Å². The number of phenolic OH excluding ortho intramolecular Hbond substituents is 1. The molecule has 0 atom stereocenters. The van der Waals surface area contributed by atoms with Crippen molar-refractivity contribution in [2.24, 2.45) is 5.73 Å². The molecule has 0 saturated heterocycles. The molecule has 6 nitrogen and oxygen atoms in total. The summed E-state index contributed by atoms with van der Waals surface area (Å²) in [7, 11) is 0. The molecular formula is C9H11N3O3. The van der Waals surface area contributed by atoms with E-state index in [1.165, 1.54) is 18.2 Å². The molecule has 0 heterocycles. The maximum absolute atomic E-state index is 11.3. The maximum Gasteiger partial charge on any atom is 0.251 e. The van der Waals surface area contributed by atoms with Gasteiger partial charge in [0, 0.05) is 5.56 Å². The number of amides is 2. The lowest BCUT2D eigenvalue weighted by Gasteiger charge is -2.04. The topological polar surface area (TPSA) is 118 Å². The molecule has 0 aliphatic heterocycles. The molecule has 0 radical (unpaired) electrons. The first-order valence-corrected chi connectivity index (χ1v) is 4.15. The summed E-state index contributed by atoms with van der Waals surface area (Å²) >= 11 is 0. The van der Waals surface area contributed by atoms with Crippen molar-refractivity contribution in [1.29, 1.82) is 0 Å². The molecule has 6 heteroatoms. The number of primary amides is 1. The SMILES string of the molecule is NC(=O)CNC(=O)c1ccc(N)c(O)c1. The lowest BCUT2D eigenvalue weighted by Crippen LogP contribution is -2.33. The average Bonchev–Trinajstić information content (AvgIpc) is 2.18. The van der Waals surface area contributed by atoms with Gasteiger partial charge in [0.1, 0.15) is 5.75 Å². The van der Waals surface area contributed by atoms with Crippen LogP contribution in [0.5, 0.6) is 5.75 Å². The second kappa shape index (κ2) is 4.32. The van der Waals surface area contributed by atoms with Crippen molar-refractivity contribution in [3.05, 3.63) is 23.8 Å². The first-order valence-electron chi connectivity index (χ1n) is 4.15. The molecule has 1 rings (SSSR count). The molecule has 0 fully saturated rings. The van der Waals surface area contributed by atoms with Gasteiger partial charge in [-0.05, 0) is 18.2 Å². The smallest absolute Gasteiger partial charge is 0.251 e. The van der Waals surface area contributed by atoms with Crippen LogP contribution in [0, 0.1) is 0 Å². The van der Waals surface area contributed by atoms with Gasteiger partial charge in [-0.1, -0.05) is 0 Å². The molecule has 0 saturated carbocycles. The summed E-state index contributed by atoms with van der Waals surface area (Å²) in [5, 5.41) is 11.5. The lowest BCUT2D eigenvalue weighted by atomic mass is 10.2. The van der Waals surface area contributed by atoms with Crippen LogP contribution in [0.25, 0.3) is 0 Å². The van der Waals surface area contributed by atoms with Gasteiger partial charge < -0.3 is 21.9 Å². The summed E-state index contributed by atoms with van der Waals surface area (Å²) in [5.41, 5.74) is 10.6. The maximum atomic E-state index is 11.3. The number of benzene rings is 1. The predicted molar refractivity (Wildman–Crippen MR) is 54.0 cm³/mol. The molecule has 0 bridgehead atoms. The number of nitrogen functional groups attached to an aromatic ring is 1. The van der Waals surface area contributed by atoms with E-state index in [1.807, 2.05) is 0 Å². The summed E-state index contributed by atoms with van der Waals surface area (Å²) in [6, 6.07) is 4.05. The Morgan fingerprint density at radius 1 is 1.40 bits per heavy atom. The highest BCUT2D eigenvalue weighted by Gasteiger charge is 2.08. The van der Waals surface area contributed by atoms with E-state index in [9.17, 15) is 14.7 Å². The molecule has 0 unspecified atom stereocenters. The molecule has 6 N–H and O–H groups in total. The molecule has 2 amide bonds. The first kappa shape index (κ1) is 10.8. The van der Waals surface area contributed by atoms with Crippen molar-refractivity contribution < 1.29 is 14.7 Å². The van der Waals surface area contributed by atoms with Gasteiger partial charge >= 0.3 is 0 Å². The van der Waals surface area contributed by atoms with Crippen molar-refractivity contribution in [3.63, 3.8) is 0 Å². The molecule has 80 valence electrons. The predicted octanol–water partition coefficient (Wildman–Crippen LogP) is -0.811. The molecule has 0 aliphatic carbocycles. The number of rotatable bonds is 3. The van der Waals surface area contributed by atoms with Crippen LogP contribution in [0.1, 0.15) is 10.4 Å². The zero-order valence-electron chi connectivity index (χ0n) is 7.86. The van der Waals surface area contributed by atoms with Gasteiger partial charge in [-0.3, -0.25) is 9.59 Å². The van der Waals surface area contributed by atoms with Gasteiger partial charge in [0.25, 0.3) is 5.91 Å². The molecule has 0 aliphatic rings. The number of nitrogens with two attached hydrogens (primary N) is 2. The molecule has 1 aromatic carbocycles. The molecular weight excluding hydrogens is 198 g/mol. The van der Waals surface area contributed by atoms with Crippen molar-refractivity contribution in [2.45, 2.75) is 0 Å². The number of nitrogens with one attached hydrogen (secondary N) is 1. The quantitative estimate of drug-likeness (QED) is 0.384. The fraction of sp³-hybridized carbons (Fsp3) is 0.111. The van der Waals surface area contributed by atoms with Crippen molar-refractivity contribution >= 4 is 17.5 Å². The van der Waals surface area contributed by atoms with Gasteiger partial charge in [0.2, 0.25) is 5.91 Å². The van der Waals surface area contributed by atoms with Crippen LogP contribution in [0.4, 0.5) is 5.69 Å². The zero-order valence-corrected chi connectivity index (χ0v) is 7.86. The molecule has 1 aromatic rings. The fourth-order valence-corrected chi connectivity index (χ4v) is 0.954. The lowest BCUT2D eigenvalue weighted by molar-refractivity contribution is -0.117. The third-order valence-electron chi connectivity index (χ3n) is 1.72. The number of hydrogen-bond donors (Lipinski definition) is 4. The van der Waals surface area contributed by atoms with Crippen LogP contribution in [-0.2, 0) is 4.79 Å². The highest BCUT2D eigenvalue weighted by atomic mass is 16.3. The van der Waals surface area contributed by atoms with Crippen LogP contribution >= 0.6 is 0 Å². The highest BCUT2D eigenvalue weighted by Crippen LogP contribution is 2.20. The minimum absolute atomic E-state index is 0.179. The number of carbonyl (C=O) groups is 2. The van der Waals surface area contributed by atoms with Crippen LogP contribution in [0.15, 0.2) is 18.2 Å². The van der Waals surface area contributed by atoms with Crippen molar-refractivity contribution in [1.82, 2.24) is 5.32 Å². The van der Waals surface area contributed by atoms with E-state index in [4.69, 9.17) is 11.5 Å². The Hall–Kier alpha value is -2.24. The van der Waals surface area contributed by atoms with E-state index in [0.717, 1.165) is 0 Å². The number of anilines is 1. The fourth-order valence-electron chi connectivity index (χ4n) is 0.954. The highest BCUT2D eigenvalue weighted by molar-refractivity contribution is 5.97. The van der Waals surface area contributed by atoms with E-state index >= 15 is 0 Å². The van der Waals surface area contributed by atoms with Crippen molar-refractivity contribution in [3.8, 4) is 5.75 Å². The van der Waals surface area contributed by atoms with E-state index in [2.05, 4.69) is 5.32 Å². The van der Waals surface area contributed by atoms with E-state index < -0.39 is 11.8 Å². The first-order chi connectivity index (χ1) is 7.00. The van der Waals surface area contributed by atoms with Gasteiger partial charge in [-0.15, -0.1) is 0 Å². The van der Waals surface area contributed by atoms with Crippen LogP contribution < -0.4 is 16.8 Å². The minimum atomic E-state index is -0.636. The number of hydrogen-bond acceptors (Lipinski definition) is 4. The normalized spacial score (nSPS) is 9.60. The van der Waals surface area contributed by atoms with E-state index in [-0.39, 0.29) is 23.5 Å². The van der Waals surface area contributed by atoms with E-state index in [0.29, 0.717) is 0 Å². The van der Waals surface area contributed by atoms with Gasteiger partial charge in [-0.2, -0.15) is 0 Å². The largest absolute Gasteiger partial charge is 0.506 e. The monoisotopic (exact) mass is 209 g/mol. The molecule has 0 spiro atoms. The van der Waals surface area contributed by atoms with Gasteiger partial charge in [0.15, 0.2) is 0 Å². The number of phenols is 1. The summed E-state index contributed by atoms with van der Waals surface area (Å²) < 4.78 is 0. The Balaban J connectivity index is 2.74. The van der Waals surface area contributed by atoms with Crippen LogP contribution in [0.3, 0.4) is 0 Å². The Morgan fingerprint density at radius 3 is 2.60 bits per heavy atom. The minimum Gasteiger partial charge on any atom is -0.506 e. The van der Waals surface area contributed by atoms with Gasteiger partial charge in [0.05, 0.1) is 12.2 Å². The third-order valence-corrected chi connectivity index (χ3v) is 1.72. The Labute approximate surface area is 85.9 Å². The third kappa shape index (κ3) is 2.87. The average molecular weight is 209 g/mol. The standard InChI is InChI=1S/C9H11N3O3/c10-6-2-1-5(3-7(6)13)9(15)12-4-8(11)14/h1-3,13H,4,10H2,(H2,11,14)(H,12,15). The number of aromatic hydroxyl groups is 1. The summed E-state index contributed by atoms with van der Waals surface area (Å²) in [6.07, 6.45) is 0. The second-order valence-corrected chi connectivity index (χ2v) is 2.92.